The maximum atomic E-state index is 12.8. The monoisotopic (exact) mass is 286 g/mol. The van der Waals surface area contributed by atoms with Gasteiger partial charge >= 0.3 is 6.18 Å². The summed E-state index contributed by atoms with van der Waals surface area (Å²) in [5.41, 5.74) is 2.27. The first-order chi connectivity index (χ1) is 9.50. The van der Waals surface area contributed by atoms with E-state index in [1.165, 1.54) is 0 Å². The Labute approximate surface area is 118 Å². The molecule has 0 aromatic heterocycles. The summed E-state index contributed by atoms with van der Waals surface area (Å²) in [6.45, 7) is 2.22. The summed E-state index contributed by atoms with van der Waals surface area (Å²) in [5, 5.41) is 3.10. The van der Waals surface area contributed by atoms with Crippen LogP contribution in [0.3, 0.4) is 0 Å². The Bertz CT molecular complexity index is 431. The number of nitrogens with zero attached hydrogens (tertiary/aromatic N) is 1. The molecule has 1 fully saturated rings. The molecule has 20 heavy (non-hydrogen) atoms. The lowest BCUT2D eigenvalue weighted by atomic mass is 9.96. The van der Waals surface area contributed by atoms with Crippen LogP contribution in [0.1, 0.15) is 24.0 Å². The highest BCUT2D eigenvalue weighted by Crippen LogP contribution is 2.33. The van der Waals surface area contributed by atoms with Crippen molar-refractivity contribution in [3.63, 3.8) is 0 Å². The molecular weight excluding hydrogens is 265 g/mol. The SMILES string of the molecule is CNCc1ccccc1CN1CCCC(C(F)(F)F)C1. The summed E-state index contributed by atoms with van der Waals surface area (Å²) in [6, 6.07) is 7.94. The Morgan fingerprint density at radius 1 is 1.25 bits per heavy atom. The third-order valence-corrected chi connectivity index (χ3v) is 3.85. The van der Waals surface area contributed by atoms with Crippen LogP contribution in [-0.4, -0.2) is 31.2 Å². The van der Waals surface area contributed by atoms with Crippen LogP contribution < -0.4 is 5.32 Å². The molecule has 1 aliphatic rings. The number of alkyl halides is 3. The fraction of sp³-hybridized carbons (Fsp3) is 0.600. The summed E-state index contributed by atoms with van der Waals surface area (Å²) in [7, 11) is 1.87. The topological polar surface area (TPSA) is 15.3 Å². The molecule has 1 saturated heterocycles. The van der Waals surface area contributed by atoms with E-state index >= 15 is 0 Å². The van der Waals surface area contributed by atoms with E-state index in [1.807, 2.05) is 36.2 Å². The second kappa shape index (κ2) is 6.59. The Morgan fingerprint density at radius 3 is 2.60 bits per heavy atom. The first kappa shape index (κ1) is 15.3. The zero-order valence-electron chi connectivity index (χ0n) is 11.7. The van der Waals surface area contributed by atoms with Crippen LogP contribution in [0.25, 0.3) is 0 Å². The minimum atomic E-state index is -4.07. The third kappa shape index (κ3) is 3.96. The zero-order valence-corrected chi connectivity index (χ0v) is 11.7. The molecule has 5 heteroatoms. The second-order valence-electron chi connectivity index (χ2n) is 5.41. The maximum absolute atomic E-state index is 12.8. The van der Waals surface area contributed by atoms with E-state index in [0.29, 0.717) is 13.0 Å². The molecule has 0 spiro atoms. The minimum absolute atomic E-state index is 0.122. The van der Waals surface area contributed by atoms with Crippen LogP contribution in [0.15, 0.2) is 24.3 Å². The van der Waals surface area contributed by atoms with Crippen molar-refractivity contribution in [2.45, 2.75) is 32.1 Å². The van der Waals surface area contributed by atoms with Gasteiger partial charge in [-0.1, -0.05) is 24.3 Å². The fourth-order valence-electron chi connectivity index (χ4n) is 2.78. The molecule has 0 bridgehead atoms. The number of nitrogens with one attached hydrogen (secondary N) is 1. The van der Waals surface area contributed by atoms with Crippen molar-refractivity contribution < 1.29 is 13.2 Å². The highest BCUT2D eigenvalue weighted by atomic mass is 19.4. The van der Waals surface area contributed by atoms with Crippen LogP contribution >= 0.6 is 0 Å². The van der Waals surface area contributed by atoms with Gasteiger partial charge in [-0.05, 0) is 37.6 Å². The zero-order chi connectivity index (χ0) is 14.6. The van der Waals surface area contributed by atoms with Crippen molar-refractivity contribution in [2.24, 2.45) is 5.92 Å². The smallest absolute Gasteiger partial charge is 0.316 e. The average molecular weight is 286 g/mol. The lowest BCUT2D eigenvalue weighted by Gasteiger charge is -2.34. The van der Waals surface area contributed by atoms with Crippen molar-refractivity contribution in [1.29, 1.82) is 0 Å². The van der Waals surface area contributed by atoms with E-state index in [4.69, 9.17) is 0 Å². The molecule has 1 unspecified atom stereocenters. The lowest BCUT2D eigenvalue weighted by Crippen LogP contribution is -2.41. The van der Waals surface area contributed by atoms with E-state index in [9.17, 15) is 13.2 Å². The number of hydrogen-bond acceptors (Lipinski definition) is 2. The van der Waals surface area contributed by atoms with Crippen molar-refractivity contribution in [2.75, 3.05) is 20.1 Å². The molecule has 2 nitrogen and oxygen atoms in total. The van der Waals surface area contributed by atoms with Gasteiger partial charge in [0.15, 0.2) is 0 Å². The molecule has 0 amide bonds. The minimum Gasteiger partial charge on any atom is -0.316 e. The summed E-state index contributed by atoms with van der Waals surface area (Å²) in [4.78, 5) is 1.93. The normalized spacial score (nSPS) is 21.1. The molecule has 1 heterocycles. The van der Waals surface area contributed by atoms with E-state index in [-0.39, 0.29) is 13.0 Å². The van der Waals surface area contributed by atoms with Gasteiger partial charge in [-0.3, -0.25) is 4.90 Å². The van der Waals surface area contributed by atoms with Gasteiger partial charge in [-0.25, -0.2) is 0 Å². The molecule has 112 valence electrons. The number of rotatable bonds is 4. The Hall–Kier alpha value is -1.07. The van der Waals surface area contributed by atoms with Crippen molar-refractivity contribution >= 4 is 0 Å². The van der Waals surface area contributed by atoms with Crippen LogP contribution in [0, 0.1) is 5.92 Å². The summed E-state index contributed by atoms with van der Waals surface area (Å²) in [6.07, 6.45) is -3.18. The molecule has 0 saturated carbocycles. The molecule has 1 aromatic carbocycles. The van der Waals surface area contributed by atoms with E-state index in [2.05, 4.69) is 5.32 Å². The summed E-state index contributed by atoms with van der Waals surface area (Å²) in [5.74, 6) is -1.17. The van der Waals surface area contributed by atoms with Crippen LogP contribution in [0.2, 0.25) is 0 Å². The van der Waals surface area contributed by atoms with Gasteiger partial charge in [0.25, 0.3) is 0 Å². The predicted octanol–water partition coefficient (Wildman–Crippen LogP) is 3.18. The van der Waals surface area contributed by atoms with Gasteiger partial charge in [-0.2, -0.15) is 13.2 Å². The Kier molecular flexibility index (Phi) is 5.05. The second-order valence-corrected chi connectivity index (χ2v) is 5.41. The van der Waals surface area contributed by atoms with E-state index in [1.54, 1.807) is 0 Å². The number of benzene rings is 1. The highest BCUT2D eigenvalue weighted by Gasteiger charge is 2.41. The van der Waals surface area contributed by atoms with Crippen LogP contribution in [0.5, 0.6) is 0 Å². The number of likely N-dealkylation sites (tertiary alicyclic amines) is 1. The maximum Gasteiger partial charge on any atom is 0.393 e. The van der Waals surface area contributed by atoms with Gasteiger partial charge in [0, 0.05) is 19.6 Å². The van der Waals surface area contributed by atoms with Crippen LogP contribution in [0.4, 0.5) is 13.2 Å². The van der Waals surface area contributed by atoms with Crippen molar-refractivity contribution in [3.05, 3.63) is 35.4 Å². The Morgan fingerprint density at radius 2 is 1.95 bits per heavy atom. The number of halogens is 3. The molecule has 1 aliphatic heterocycles. The van der Waals surface area contributed by atoms with Crippen molar-refractivity contribution in [1.82, 2.24) is 10.2 Å². The third-order valence-electron chi connectivity index (χ3n) is 3.85. The first-order valence-corrected chi connectivity index (χ1v) is 7.01. The molecular formula is C15H21F3N2. The fourth-order valence-corrected chi connectivity index (χ4v) is 2.78. The van der Waals surface area contributed by atoms with Gasteiger partial charge in [0.2, 0.25) is 0 Å². The van der Waals surface area contributed by atoms with Crippen molar-refractivity contribution in [3.8, 4) is 0 Å². The van der Waals surface area contributed by atoms with E-state index in [0.717, 1.165) is 24.2 Å². The summed E-state index contributed by atoms with van der Waals surface area (Å²) >= 11 is 0. The molecule has 1 aromatic rings. The highest BCUT2D eigenvalue weighted by molar-refractivity contribution is 5.27. The van der Waals surface area contributed by atoms with Gasteiger partial charge in [0.1, 0.15) is 0 Å². The summed E-state index contributed by atoms with van der Waals surface area (Å²) < 4.78 is 38.5. The molecule has 1 N–H and O–H groups in total. The molecule has 0 radical (unpaired) electrons. The largest absolute Gasteiger partial charge is 0.393 e. The van der Waals surface area contributed by atoms with Gasteiger partial charge in [-0.15, -0.1) is 0 Å². The number of hydrogen-bond donors (Lipinski definition) is 1. The Balaban J connectivity index is 2.03. The standard InChI is InChI=1S/C15H21F3N2/c1-19-9-12-5-2-3-6-13(12)10-20-8-4-7-14(11-20)15(16,17)18/h2-3,5-6,14,19H,4,7-11H2,1H3. The molecule has 1 atom stereocenters. The first-order valence-electron chi connectivity index (χ1n) is 7.01. The molecule has 2 rings (SSSR count). The lowest BCUT2D eigenvalue weighted by molar-refractivity contribution is -0.187. The predicted molar refractivity (Wildman–Crippen MR) is 73.3 cm³/mol. The average Bonchev–Trinajstić information content (AvgIpc) is 2.41. The van der Waals surface area contributed by atoms with Gasteiger partial charge in [0.05, 0.1) is 5.92 Å². The van der Waals surface area contributed by atoms with Crippen LogP contribution in [-0.2, 0) is 13.1 Å². The van der Waals surface area contributed by atoms with Gasteiger partial charge < -0.3 is 5.32 Å². The molecule has 0 aliphatic carbocycles. The quantitative estimate of drug-likeness (QED) is 0.914. The number of piperidine rings is 1. The van der Waals surface area contributed by atoms with E-state index < -0.39 is 12.1 Å².